The second-order valence-corrected chi connectivity index (χ2v) is 4.59. The SMILES string of the molecule is CCCNc1nc(NC(CC)COC)cc(C(F)(F)F)n1. The maximum absolute atomic E-state index is 12.9. The lowest BCUT2D eigenvalue weighted by atomic mass is 10.2. The lowest BCUT2D eigenvalue weighted by Crippen LogP contribution is -2.25. The van der Waals surface area contributed by atoms with E-state index in [0.29, 0.717) is 19.6 Å². The van der Waals surface area contributed by atoms with E-state index in [1.807, 2.05) is 13.8 Å². The van der Waals surface area contributed by atoms with Crippen LogP contribution in [0.4, 0.5) is 24.9 Å². The molecule has 0 aliphatic heterocycles. The predicted molar refractivity (Wildman–Crippen MR) is 75.4 cm³/mol. The Hall–Kier alpha value is -1.57. The Bertz CT molecular complexity index is 440. The van der Waals surface area contributed by atoms with Crippen molar-refractivity contribution in [1.82, 2.24) is 9.97 Å². The summed E-state index contributed by atoms with van der Waals surface area (Å²) in [6.07, 6.45) is -3.04. The first-order chi connectivity index (χ1) is 9.90. The number of ether oxygens (including phenoxy) is 1. The van der Waals surface area contributed by atoms with E-state index < -0.39 is 11.9 Å². The molecule has 0 aliphatic carbocycles. The highest BCUT2D eigenvalue weighted by atomic mass is 19.4. The Morgan fingerprint density at radius 1 is 1.29 bits per heavy atom. The summed E-state index contributed by atoms with van der Waals surface area (Å²) in [4.78, 5) is 7.57. The molecule has 2 N–H and O–H groups in total. The van der Waals surface area contributed by atoms with Crippen LogP contribution in [0.25, 0.3) is 0 Å². The molecule has 0 aromatic carbocycles. The average molecular weight is 306 g/mol. The van der Waals surface area contributed by atoms with Crippen molar-refractivity contribution in [1.29, 1.82) is 0 Å². The zero-order valence-electron chi connectivity index (χ0n) is 12.4. The van der Waals surface area contributed by atoms with Crippen molar-refractivity contribution in [2.24, 2.45) is 0 Å². The third-order valence-corrected chi connectivity index (χ3v) is 2.76. The van der Waals surface area contributed by atoms with Gasteiger partial charge in [-0.15, -0.1) is 0 Å². The lowest BCUT2D eigenvalue weighted by Gasteiger charge is -2.18. The minimum Gasteiger partial charge on any atom is -0.383 e. The summed E-state index contributed by atoms with van der Waals surface area (Å²) < 4.78 is 43.6. The number of rotatable bonds is 8. The molecule has 1 aromatic rings. The molecule has 120 valence electrons. The maximum atomic E-state index is 12.9. The molecule has 1 unspecified atom stereocenters. The summed E-state index contributed by atoms with van der Waals surface area (Å²) in [7, 11) is 1.54. The van der Waals surface area contributed by atoms with E-state index in [1.54, 1.807) is 7.11 Å². The largest absolute Gasteiger partial charge is 0.433 e. The van der Waals surface area contributed by atoms with Gasteiger partial charge in [0.1, 0.15) is 5.82 Å². The fourth-order valence-corrected chi connectivity index (χ4v) is 1.65. The van der Waals surface area contributed by atoms with E-state index >= 15 is 0 Å². The fraction of sp³-hybridized carbons (Fsp3) is 0.692. The first-order valence-corrected chi connectivity index (χ1v) is 6.86. The van der Waals surface area contributed by atoms with Crippen molar-refractivity contribution in [2.45, 2.75) is 38.9 Å². The maximum Gasteiger partial charge on any atom is 0.433 e. The molecule has 0 aliphatic rings. The van der Waals surface area contributed by atoms with Gasteiger partial charge in [0.2, 0.25) is 5.95 Å². The number of aromatic nitrogens is 2. The van der Waals surface area contributed by atoms with E-state index in [1.165, 1.54) is 0 Å². The Kier molecular flexibility index (Phi) is 6.67. The van der Waals surface area contributed by atoms with Crippen LogP contribution in [-0.2, 0) is 10.9 Å². The van der Waals surface area contributed by atoms with Crippen molar-refractivity contribution in [3.63, 3.8) is 0 Å². The third kappa shape index (κ3) is 5.74. The Labute approximate surface area is 122 Å². The van der Waals surface area contributed by atoms with Gasteiger partial charge in [-0.3, -0.25) is 0 Å². The Balaban J connectivity index is 3.00. The van der Waals surface area contributed by atoms with E-state index in [2.05, 4.69) is 20.6 Å². The van der Waals surface area contributed by atoms with Gasteiger partial charge in [-0.25, -0.2) is 4.98 Å². The standard InChI is InChI=1S/C13H21F3N4O/c1-4-6-17-12-19-10(13(14,15)16)7-11(20-12)18-9(5-2)8-21-3/h7,9H,4-6,8H2,1-3H3,(H2,17,18,19,20). The van der Waals surface area contributed by atoms with Crippen LogP contribution in [0.2, 0.25) is 0 Å². The summed E-state index contributed by atoms with van der Waals surface area (Å²) in [5.41, 5.74) is -0.967. The molecule has 0 spiro atoms. The van der Waals surface area contributed by atoms with Gasteiger partial charge in [0.25, 0.3) is 0 Å². The molecule has 1 heterocycles. The van der Waals surface area contributed by atoms with Gasteiger partial charge in [0, 0.05) is 19.7 Å². The van der Waals surface area contributed by atoms with E-state index in [9.17, 15) is 13.2 Å². The minimum absolute atomic E-state index is 0.0264. The van der Waals surface area contributed by atoms with Crippen molar-refractivity contribution >= 4 is 11.8 Å². The molecule has 1 aromatic heterocycles. The van der Waals surface area contributed by atoms with Crippen LogP contribution in [0.3, 0.4) is 0 Å². The summed E-state index contributed by atoms with van der Waals surface area (Å²) >= 11 is 0. The highest BCUT2D eigenvalue weighted by Crippen LogP contribution is 2.29. The topological polar surface area (TPSA) is 59.1 Å². The van der Waals surface area contributed by atoms with E-state index in [-0.39, 0.29) is 17.8 Å². The fourth-order valence-electron chi connectivity index (χ4n) is 1.65. The number of alkyl halides is 3. The van der Waals surface area contributed by atoms with Gasteiger partial charge in [-0.2, -0.15) is 18.2 Å². The number of hydrogen-bond donors (Lipinski definition) is 2. The van der Waals surface area contributed by atoms with Gasteiger partial charge in [-0.05, 0) is 12.8 Å². The van der Waals surface area contributed by atoms with Crippen molar-refractivity contribution in [3.8, 4) is 0 Å². The summed E-state index contributed by atoms with van der Waals surface area (Å²) in [6, 6.07) is 0.806. The van der Waals surface area contributed by atoms with E-state index in [4.69, 9.17) is 4.74 Å². The quantitative estimate of drug-likeness (QED) is 0.772. The van der Waals surface area contributed by atoms with Crippen LogP contribution in [0, 0.1) is 0 Å². The number of nitrogens with one attached hydrogen (secondary N) is 2. The zero-order valence-corrected chi connectivity index (χ0v) is 12.4. The van der Waals surface area contributed by atoms with Crippen molar-refractivity contribution in [2.75, 3.05) is 30.9 Å². The van der Waals surface area contributed by atoms with Crippen LogP contribution in [-0.4, -0.2) is 36.3 Å². The minimum atomic E-state index is -4.51. The Morgan fingerprint density at radius 3 is 2.52 bits per heavy atom. The van der Waals surface area contributed by atoms with Gasteiger partial charge >= 0.3 is 6.18 Å². The Morgan fingerprint density at radius 2 is 2.00 bits per heavy atom. The van der Waals surface area contributed by atoms with Gasteiger partial charge in [0.05, 0.1) is 12.6 Å². The third-order valence-electron chi connectivity index (χ3n) is 2.76. The molecule has 0 amide bonds. The molecule has 0 fully saturated rings. The normalized spacial score (nSPS) is 13.0. The molecule has 0 saturated carbocycles. The molecule has 5 nitrogen and oxygen atoms in total. The molecule has 0 bridgehead atoms. The summed E-state index contributed by atoms with van der Waals surface area (Å²) in [5.74, 6) is 0.112. The number of hydrogen-bond acceptors (Lipinski definition) is 5. The predicted octanol–water partition coefficient (Wildman–Crippen LogP) is 3.15. The number of anilines is 2. The second-order valence-electron chi connectivity index (χ2n) is 4.59. The van der Waals surface area contributed by atoms with E-state index in [0.717, 1.165) is 12.5 Å². The number of halogens is 3. The molecular formula is C13H21F3N4O. The number of methoxy groups -OCH3 is 1. The van der Waals surface area contributed by atoms with Crippen LogP contribution in [0.5, 0.6) is 0 Å². The van der Waals surface area contributed by atoms with Crippen LogP contribution >= 0.6 is 0 Å². The van der Waals surface area contributed by atoms with Gasteiger partial charge < -0.3 is 15.4 Å². The molecular weight excluding hydrogens is 285 g/mol. The zero-order chi connectivity index (χ0) is 15.9. The first-order valence-electron chi connectivity index (χ1n) is 6.86. The van der Waals surface area contributed by atoms with Crippen molar-refractivity contribution in [3.05, 3.63) is 11.8 Å². The van der Waals surface area contributed by atoms with Crippen LogP contribution in [0.1, 0.15) is 32.4 Å². The molecule has 1 atom stereocenters. The molecule has 8 heteroatoms. The van der Waals surface area contributed by atoms with Gasteiger partial charge in [0.15, 0.2) is 5.69 Å². The smallest absolute Gasteiger partial charge is 0.383 e. The van der Waals surface area contributed by atoms with Crippen LogP contribution in [0.15, 0.2) is 6.07 Å². The number of nitrogens with zero attached hydrogens (tertiary/aromatic N) is 2. The monoisotopic (exact) mass is 306 g/mol. The molecule has 0 saturated heterocycles. The second kappa shape index (κ2) is 8.02. The van der Waals surface area contributed by atoms with Gasteiger partial charge in [-0.1, -0.05) is 13.8 Å². The highest BCUT2D eigenvalue weighted by molar-refractivity contribution is 5.43. The molecule has 21 heavy (non-hydrogen) atoms. The molecule has 0 radical (unpaired) electrons. The lowest BCUT2D eigenvalue weighted by molar-refractivity contribution is -0.141. The summed E-state index contributed by atoms with van der Waals surface area (Å²) in [6.45, 7) is 4.72. The highest BCUT2D eigenvalue weighted by Gasteiger charge is 2.33. The molecule has 1 rings (SSSR count). The van der Waals surface area contributed by atoms with Crippen LogP contribution < -0.4 is 10.6 Å². The average Bonchev–Trinajstić information content (AvgIpc) is 2.43. The summed E-state index contributed by atoms with van der Waals surface area (Å²) in [5, 5.41) is 5.72. The van der Waals surface area contributed by atoms with Crippen molar-refractivity contribution < 1.29 is 17.9 Å². The first kappa shape index (κ1) is 17.5.